The van der Waals surface area contributed by atoms with Gasteiger partial charge in [-0.25, -0.2) is 9.78 Å². The maximum Gasteiger partial charge on any atom is 0.407 e. The largest absolute Gasteiger partial charge is 0.444 e. The minimum absolute atomic E-state index is 0.00243. The maximum absolute atomic E-state index is 12.1. The van der Waals surface area contributed by atoms with Crippen LogP contribution in [0.1, 0.15) is 58.2 Å². The quantitative estimate of drug-likeness (QED) is 0.657. The number of unbranched alkanes of at least 4 members (excludes halogenated alkanes) is 1. The Morgan fingerprint density at radius 3 is 2.84 bits per heavy atom. The Morgan fingerprint density at radius 2 is 2.12 bits per heavy atom. The second kappa shape index (κ2) is 10.3. The molecule has 1 fully saturated rings. The third-order valence-corrected chi connectivity index (χ3v) is 5.03. The first kappa shape index (κ1) is 23.3. The number of rotatable bonds is 7. The van der Waals surface area contributed by atoms with Crippen molar-refractivity contribution in [3.8, 4) is 6.07 Å². The molecule has 1 aromatic heterocycles. The molecule has 0 aliphatic carbocycles. The highest BCUT2D eigenvalue weighted by Crippen LogP contribution is 2.23. The van der Waals surface area contributed by atoms with Gasteiger partial charge in [-0.15, -0.1) is 0 Å². The summed E-state index contributed by atoms with van der Waals surface area (Å²) in [6, 6.07) is 11.4. The zero-order chi connectivity index (χ0) is 23.1. The molecule has 0 bridgehead atoms. The monoisotopic (exact) mass is 436 g/mol. The van der Waals surface area contributed by atoms with Crippen LogP contribution in [0.3, 0.4) is 0 Å². The van der Waals surface area contributed by atoms with E-state index in [9.17, 15) is 4.79 Å². The van der Waals surface area contributed by atoms with Gasteiger partial charge in [0.15, 0.2) is 0 Å². The standard InChI is InChI=1S/C24H32N6O2/c1-5-6-9-19-14-21(29-22(27-19)26-18-10-7-8-17(13-18)15-25)30-12-11-20(16-30)28-23(31)32-24(2,3)4/h7-8,10,13-14,20H,5-6,9,11-12,16H2,1-4H3,(H,28,31)(H,26,27,29). The summed E-state index contributed by atoms with van der Waals surface area (Å²) >= 11 is 0. The number of hydrogen-bond acceptors (Lipinski definition) is 7. The van der Waals surface area contributed by atoms with Gasteiger partial charge >= 0.3 is 6.09 Å². The van der Waals surface area contributed by atoms with E-state index in [1.165, 1.54) is 0 Å². The Hall–Kier alpha value is -3.34. The molecule has 3 rings (SSSR count). The van der Waals surface area contributed by atoms with Crippen LogP contribution >= 0.6 is 0 Å². The lowest BCUT2D eigenvalue weighted by atomic mass is 10.2. The molecule has 1 unspecified atom stereocenters. The molecule has 1 amide bonds. The van der Waals surface area contributed by atoms with Gasteiger partial charge in [0.2, 0.25) is 5.95 Å². The summed E-state index contributed by atoms with van der Waals surface area (Å²) in [5.74, 6) is 1.34. The zero-order valence-electron chi connectivity index (χ0n) is 19.3. The minimum Gasteiger partial charge on any atom is -0.444 e. The summed E-state index contributed by atoms with van der Waals surface area (Å²) in [6.45, 7) is 9.16. The number of aromatic nitrogens is 2. The second-order valence-electron chi connectivity index (χ2n) is 9.04. The average molecular weight is 437 g/mol. The van der Waals surface area contributed by atoms with Gasteiger partial charge < -0.3 is 20.3 Å². The van der Waals surface area contributed by atoms with Crippen LogP contribution in [-0.4, -0.2) is 40.8 Å². The number of aryl methyl sites for hydroxylation is 1. The Labute approximate surface area is 190 Å². The molecule has 0 radical (unpaired) electrons. The van der Waals surface area contributed by atoms with Crippen LogP contribution in [0.15, 0.2) is 30.3 Å². The molecule has 0 spiro atoms. The lowest BCUT2D eigenvalue weighted by Crippen LogP contribution is -2.40. The van der Waals surface area contributed by atoms with E-state index in [1.54, 1.807) is 12.1 Å². The van der Waals surface area contributed by atoms with Gasteiger partial charge in [-0.05, 0) is 58.2 Å². The van der Waals surface area contributed by atoms with Crippen molar-refractivity contribution in [2.24, 2.45) is 0 Å². The fourth-order valence-corrected chi connectivity index (χ4v) is 3.54. The minimum atomic E-state index is -0.521. The fraction of sp³-hybridized carbons (Fsp3) is 0.500. The molecule has 1 aliphatic rings. The van der Waals surface area contributed by atoms with Gasteiger partial charge in [-0.1, -0.05) is 19.4 Å². The predicted octanol–water partition coefficient (Wildman–Crippen LogP) is 4.54. The summed E-state index contributed by atoms with van der Waals surface area (Å²) in [4.78, 5) is 23.7. The van der Waals surface area contributed by atoms with Gasteiger partial charge in [0.05, 0.1) is 17.7 Å². The SMILES string of the molecule is CCCCc1cc(N2CCC(NC(=O)OC(C)(C)C)C2)nc(Nc2cccc(C#N)c2)n1. The molecule has 0 saturated carbocycles. The first-order chi connectivity index (χ1) is 15.3. The summed E-state index contributed by atoms with van der Waals surface area (Å²) in [7, 11) is 0. The van der Waals surface area contributed by atoms with Crippen molar-refractivity contribution in [3.63, 3.8) is 0 Å². The van der Waals surface area contributed by atoms with E-state index < -0.39 is 11.7 Å². The molecule has 2 heterocycles. The first-order valence-corrected chi connectivity index (χ1v) is 11.2. The van der Waals surface area contributed by atoms with Crippen molar-refractivity contribution in [2.45, 2.75) is 65.0 Å². The number of ether oxygens (including phenoxy) is 1. The van der Waals surface area contributed by atoms with E-state index in [4.69, 9.17) is 15.0 Å². The number of carbonyl (C=O) groups excluding carboxylic acids is 1. The van der Waals surface area contributed by atoms with Crippen LogP contribution in [0.5, 0.6) is 0 Å². The molecule has 2 aromatic rings. The van der Waals surface area contributed by atoms with Crippen molar-refractivity contribution in [3.05, 3.63) is 41.6 Å². The average Bonchev–Trinajstić information content (AvgIpc) is 3.19. The summed E-state index contributed by atoms with van der Waals surface area (Å²) < 4.78 is 5.38. The maximum atomic E-state index is 12.1. The van der Waals surface area contributed by atoms with E-state index >= 15 is 0 Å². The number of nitriles is 1. The summed E-state index contributed by atoms with van der Waals surface area (Å²) in [6.07, 6.45) is 3.42. The van der Waals surface area contributed by atoms with Crippen LogP contribution in [0.25, 0.3) is 0 Å². The van der Waals surface area contributed by atoms with Crippen LogP contribution in [0.4, 0.5) is 22.2 Å². The predicted molar refractivity (Wildman–Crippen MR) is 125 cm³/mol. The van der Waals surface area contributed by atoms with Crippen molar-refractivity contribution < 1.29 is 9.53 Å². The number of hydrogen-bond donors (Lipinski definition) is 2. The lowest BCUT2D eigenvalue weighted by molar-refractivity contribution is 0.0509. The molecule has 8 nitrogen and oxygen atoms in total. The van der Waals surface area contributed by atoms with Gasteiger partial charge in [0.1, 0.15) is 11.4 Å². The van der Waals surface area contributed by atoms with Gasteiger partial charge in [0.25, 0.3) is 0 Å². The molecule has 170 valence electrons. The molecule has 1 atom stereocenters. The van der Waals surface area contributed by atoms with Crippen LogP contribution in [-0.2, 0) is 11.2 Å². The van der Waals surface area contributed by atoms with Crippen LogP contribution in [0.2, 0.25) is 0 Å². The highest BCUT2D eigenvalue weighted by atomic mass is 16.6. The summed E-state index contributed by atoms with van der Waals surface area (Å²) in [5.41, 5.74) is 1.80. The molecule has 1 aromatic carbocycles. The number of nitrogens with zero attached hydrogens (tertiary/aromatic N) is 4. The van der Waals surface area contributed by atoms with E-state index in [2.05, 4.69) is 33.5 Å². The Bertz CT molecular complexity index is 979. The van der Waals surface area contributed by atoms with E-state index in [0.29, 0.717) is 18.1 Å². The number of anilines is 3. The molecule has 1 saturated heterocycles. The number of amides is 1. The molecular formula is C24H32N6O2. The molecular weight excluding hydrogens is 404 g/mol. The van der Waals surface area contributed by atoms with E-state index in [1.807, 2.05) is 39.0 Å². The summed E-state index contributed by atoms with van der Waals surface area (Å²) in [5, 5.41) is 15.3. The smallest absolute Gasteiger partial charge is 0.407 e. The Morgan fingerprint density at radius 1 is 1.31 bits per heavy atom. The van der Waals surface area contributed by atoms with Crippen LogP contribution < -0.4 is 15.5 Å². The van der Waals surface area contributed by atoms with E-state index in [0.717, 1.165) is 49.4 Å². The van der Waals surface area contributed by atoms with Crippen molar-refractivity contribution >= 4 is 23.5 Å². The molecule has 32 heavy (non-hydrogen) atoms. The lowest BCUT2D eigenvalue weighted by Gasteiger charge is -2.22. The highest BCUT2D eigenvalue weighted by molar-refractivity contribution is 5.68. The molecule has 8 heteroatoms. The third-order valence-electron chi connectivity index (χ3n) is 5.03. The van der Waals surface area contributed by atoms with Gasteiger partial charge in [-0.2, -0.15) is 10.2 Å². The molecule has 1 aliphatic heterocycles. The zero-order valence-corrected chi connectivity index (χ0v) is 19.3. The number of carbonyl (C=O) groups is 1. The van der Waals surface area contributed by atoms with Gasteiger partial charge in [0, 0.05) is 30.5 Å². The first-order valence-electron chi connectivity index (χ1n) is 11.2. The number of benzene rings is 1. The molecule has 2 N–H and O–H groups in total. The second-order valence-corrected chi connectivity index (χ2v) is 9.04. The van der Waals surface area contributed by atoms with Crippen molar-refractivity contribution in [1.82, 2.24) is 15.3 Å². The van der Waals surface area contributed by atoms with Crippen molar-refractivity contribution in [1.29, 1.82) is 5.26 Å². The Balaban J connectivity index is 1.74. The van der Waals surface area contributed by atoms with Crippen molar-refractivity contribution in [2.75, 3.05) is 23.3 Å². The van der Waals surface area contributed by atoms with Gasteiger partial charge in [-0.3, -0.25) is 0 Å². The number of alkyl carbamates (subject to hydrolysis) is 1. The third kappa shape index (κ3) is 6.84. The highest BCUT2D eigenvalue weighted by Gasteiger charge is 2.27. The topological polar surface area (TPSA) is 103 Å². The Kier molecular flexibility index (Phi) is 7.52. The normalized spacial score (nSPS) is 15.8. The number of nitrogens with one attached hydrogen (secondary N) is 2. The fourth-order valence-electron chi connectivity index (χ4n) is 3.54. The van der Waals surface area contributed by atoms with Crippen LogP contribution in [0, 0.1) is 11.3 Å². The van der Waals surface area contributed by atoms with E-state index in [-0.39, 0.29) is 6.04 Å².